The number of rotatable bonds is 6. The van der Waals surface area contributed by atoms with Crippen LogP contribution in [0.1, 0.15) is 31.3 Å². The van der Waals surface area contributed by atoms with E-state index in [1.54, 1.807) is 18.5 Å². The fourth-order valence-electron chi connectivity index (χ4n) is 1.75. The van der Waals surface area contributed by atoms with E-state index in [0.29, 0.717) is 30.0 Å². The molecule has 0 bridgehead atoms. The fourth-order valence-corrected chi connectivity index (χ4v) is 1.95. The fraction of sp³-hybridized carbons (Fsp3) is 0.357. The summed E-state index contributed by atoms with van der Waals surface area (Å²) in [5.74, 6) is 1.26. The van der Waals surface area contributed by atoms with Crippen LogP contribution in [0.15, 0.2) is 30.6 Å². The average molecular weight is 293 g/mol. The molecule has 0 fully saturated rings. The van der Waals surface area contributed by atoms with Crippen molar-refractivity contribution >= 4 is 17.4 Å². The molecule has 1 unspecified atom stereocenters. The number of halogens is 1. The van der Waals surface area contributed by atoms with E-state index in [0.717, 1.165) is 5.56 Å². The number of nitrogens with one attached hydrogen (secondary N) is 1. The Labute approximate surface area is 123 Å². The summed E-state index contributed by atoms with van der Waals surface area (Å²) in [6, 6.07) is 5.72. The van der Waals surface area contributed by atoms with E-state index in [1.807, 2.05) is 26.0 Å². The van der Waals surface area contributed by atoms with E-state index < -0.39 is 0 Å². The van der Waals surface area contributed by atoms with E-state index in [-0.39, 0.29) is 6.04 Å². The first-order valence-corrected chi connectivity index (χ1v) is 6.84. The van der Waals surface area contributed by atoms with Gasteiger partial charge in [-0.05, 0) is 31.5 Å². The Bertz CT molecular complexity index is 550. The van der Waals surface area contributed by atoms with E-state index >= 15 is 0 Å². The Balaban J connectivity index is 2.10. The average Bonchev–Trinajstić information content (AvgIpc) is 2.45. The number of ether oxygens (including phenoxy) is 1. The van der Waals surface area contributed by atoms with Gasteiger partial charge >= 0.3 is 0 Å². The zero-order valence-electron chi connectivity index (χ0n) is 11.5. The van der Waals surface area contributed by atoms with E-state index in [4.69, 9.17) is 16.3 Å². The van der Waals surface area contributed by atoms with Crippen molar-refractivity contribution < 1.29 is 4.74 Å². The van der Waals surface area contributed by atoms with Crippen LogP contribution in [0.4, 0.5) is 5.82 Å². The highest BCUT2D eigenvalue weighted by atomic mass is 35.5. The van der Waals surface area contributed by atoms with Gasteiger partial charge in [-0.1, -0.05) is 11.6 Å². The molecule has 0 spiro atoms. The van der Waals surface area contributed by atoms with Crippen LogP contribution in [0, 0.1) is 0 Å². The molecule has 0 aliphatic carbocycles. The molecule has 0 aliphatic rings. The molecular formula is C14H17ClN4O. The molecule has 2 rings (SSSR count). The van der Waals surface area contributed by atoms with Crippen molar-refractivity contribution in [2.45, 2.75) is 26.5 Å². The number of aromatic nitrogens is 3. The highest BCUT2D eigenvalue weighted by molar-refractivity contribution is 6.29. The van der Waals surface area contributed by atoms with E-state index in [2.05, 4.69) is 20.3 Å². The van der Waals surface area contributed by atoms with Crippen molar-refractivity contribution in [3.8, 4) is 0 Å². The van der Waals surface area contributed by atoms with Crippen LogP contribution in [-0.2, 0) is 11.3 Å². The smallest absolute Gasteiger partial charge is 0.158 e. The van der Waals surface area contributed by atoms with Gasteiger partial charge in [0.2, 0.25) is 0 Å². The van der Waals surface area contributed by atoms with Crippen LogP contribution >= 0.6 is 11.6 Å². The maximum Gasteiger partial charge on any atom is 0.158 e. The van der Waals surface area contributed by atoms with Crippen LogP contribution in [0.25, 0.3) is 0 Å². The Hall–Kier alpha value is -1.72. The Morgan fingerprint density at radius 2 is 2.05 bits per heavy atom. The number of hydrogen-bond acceptors (Lipinski definition) is 5. The molecule has 1 N–H and O–H groups in total. The molecule has 0 saturated carbocycles. The van der Waals surface area contributed by atoms with Gasteiger partial charge in [0.15, 0.2) is 5.82 Å². The van der Waals surface area contributed by atoms with Gasteiger partial charge in [-0.15, -0.1) is 0 Å². The number of hydrogen-bond donors (Lipinski definition) is 1. The molecule has 2 aromatic heterocycles. The van der Waals surface area contributed by atoms with Crippen LogP contribution in [0.3, 0.4) is 0 Å². The van der Waals surface area contributed by atoms with Crippen molar-refractivity contribution in [1.29, 1.82) is 0 Å². The number of nitrogens with zero attached hydrogens (tertiary/aromatic N) is 3. The predicted octanol–water partition coefficient (Wildman–Crippen LogP) is 3.23. The second kappa shape index (κ2) is 7.17. The van der Waals surface area contributed by atoms with Gasteiger partial charge in [-0.25, -0.2) is 9.97 Å². The molecule has 0 aromatic carbocycles. The Kier molecular flexibility index (Phi) is 5.26. The maximum absolute atomic E-state index is 6.00. The van der Waals surface area contributed by atoms with Crippen LogP contribution in [0.5, 0.6) is 0 Å². The molecule has 2 heterocycles. The SMILES string of the molecule is CCOCc1nc(Cl)cc(NC(C)c2ccncc2)n1. The molecule has 0 amide bonds. The lowest BCUT2D eigenvalue weighted by Gasteiger charge is -2.15. The first-order valence-electron chi connectivity index (χ1n) is 6.46. The monoisotopic (exact) mass is 292 g/mol. The summed E-state index contributed by atoms with van der Waals surface area (Å²) < 4.78 is 5.30. The summed E-state index contributed by atoms with van der Waals surface area (Å²) in [4.78, 5) is 12.5. The van der Waals surface area contributed by atoms with Crippen molar-refractivity contribution in [2.24, 2.45) is 0 Å². The quantitative estimate of drug-likeness (QED) is 0.828. The summed E-state index contributed by atoms with van der Waals surface area (Å²) >= 11 is 6.00. The Morgan fingerprint density at radius 1 is 1.30 bits per heavy atom. The molecule has 2 aromatic rings. The van der Waals surface area contributed by atoms with E-state index in [1.165, 1.54) is 0 Å². The van der Waals surface area contributed by atoms with Gasteiger partial charge in [0.25, 0.3) is 0 Å². The van der Waals surface area contributed by atoms with Crippen molar-refractivity contribution in [1.82, 2.24) is 15.0 Å². The zero-order valence-corrected chi connectivity index (χ0v) is 12.3. The van der Waals surface area contributed by atoms with Crippen molar-refractivity contribution in [3.05, 3.63) is 47.1 Å². The summed E-state index contributed by atoms with van der Waals surface area (Å²) in [5, 5.41) is 3.70. The number of anilines is 1. The largest absolute Gasteiger partial charge is 0.374 e. The molecule has 20 heavy (non-hydrogen) atoms. The number of pyridine rings is 1. The van der Waals surface area contributed by atoms with Gasteiger partial charge in [0, 0.05) is 25.1 Å². The first-order chi connectivity index (χ1) is 9.69. The first kappa shape index (κ1) is 14.7. The van der Waals surface area contributed by atoms with Crippen molar-refractivity contribution in [2.75, 3.05) is 11.9 Å². The van der Waals surface area contributed by atoms with Gasteiger partial charge in [0.05, 0.1) is 6.04 Å². The van der Waals surface area contributed by atoms with Gasteiger partial charge in [-0.2, -0.15) is 0 Å². The van der Waals surface area contributed by atoms with Gasteiger partial charge in [-0.3, -0.25) is 4.98 Å². The molecule has 6 heteroatoms. The second-order valence-electron chi connectivity index (χ2n) is 4.28. The molecule has 106 valence electrons. The summed E-state index contributed by atoms with van der Waals surface area (Å²) in [6.45, 7) is 4.95. The third kappa shape index (κ3) is 4.15. The van der Waals surface area contributed by atoms with Crippen LogP contribution in [0.2, 0.25) is 5.15 Å². The van der Waals surface area contributed by atoms with Gasteiger partial charge < -0.3 is 10.1 Å². The maximum atomic E-state index is 6.00. The van der Waals surface area contributed by atoms with Gasteiger partial charge in [0.1, 0.15) is 17.6 Å². The molecule has 0 radical (unpaired) electrons. The minimum atomic E-state index is 0.101. The standard InChI is InChI=1S/C14H17ClN4O/c1-3-20-9-14-18-12(15)8-13(19-14)17-10(2)11-4-6-16-7-5-11/h4-8,10H,3,9H2,1-2H3,(H,17,18,19). The lowest BCUT2D eigenvalue weighted by molar-refractivity contribution is 0.128. The highest BCUT2D eigenvalue weighted by Gasteiger charge is 2.08. The minimum Gasteiger partial charge on any atom is -0.374 e. The van der Waals surface area contributed by atoms with Crippen LogP contribution in [-0.4, -0.2) is 21.6 Å². The molecule has 0 aliphatic heterocycles. The normalized spacial score (nSPS) is 12.2. The Morgan fingerprint density at radius 3 is 2.75 bits per heavy atom. The minimum absolute atomic E-state index is 0.101. The van der Waals surface area contributed by atoms with Crippen molar-refractivity contribution in [3.63, 3.8) is 0 Å². The summed E-state index contributed by atoms with van der Waals surface area (Å²) in [6.07, 6.45) is 3.53. The molecule has 1 atom stereocenters. The molecular weight excluding hydrogens is 276 g/mol. The molecule has 5 nitrogen and oxygen atoms in total. The lowest BCUT2D eigenvalue weighted by Crippen LogP contribution is -2.10. The summed E-state index contributed by atoms with van der Waals surface area (Å²) in [7, 11) is 0. The predicted molar refractivity (Wildman–Crippen MR) is 78.6 cm³/mol. The van der Waals surface area contributed by atoms with Crippen LogP contribution < -0.4 is 5.32 Å². The second-order valence-corrected chi connectivity index (χ2v) is 4.66. The lowest BCUT2D eigenvalue weighted by atomic mass is 10.1. The third-order valence-corrected chi connectivity index (χ3v) is 2.94. The topological polar surface area (TPSA) is 59.9 Å². The zero-order chi connectivity index (χ0) is 14.4. The summed E-state index contributed by atoms with van der Waals surface area (Å²) in [5.41, 5.74) is 1.13. The highest BCUT2D eigenvalue weighted by Crippen LogP contribution is 2.19. The third-order valence-electron chi connectivity index (χ3n) is 2.75. The molecule has 0 saturated heterocycles. The van der Waals surface area contributed by atoms with E-state index in [9.17, 15) is 0 Å².